The minimum Gasteiger partial charge on any atom is -0.381 e. The monoisotopic (exact) mass is 534 g/mol. The Balaban J connectivity index is 1.44. The molecule has 0 radical (unpaired) electrons. The highest BCUT2D eigenvalue weighted by Crippen LogP contribution is 2.39. The van der Waals surface area contributed by atoms with Gasteiger partial charge in [0, 0.05) is 61.9 Å². The van der Waals surface area contributed by atoms with E-state index in [0.717, 1.165) is 31.9 Å². The van der Waals surface area contributed by atoms with E-state index in [4.69, 9.17) is 4.74 Å². The van der Waals surface area contributed by atoms with Crippen molar-refractivity contribution in [2.75, 3.05) is 31.6 Å². The number of hydrogen-bond donors (Lipinski definition) is 3. The van der Waals surface area contributed by atoms with Gasteiger partial charge in [0.05, 0.1) is 5.69 Å². The second-order valence-electron chi connectivity index (χ2n) is 11.4. The first kappa shape index (κ1) is 26.9. The number of nitrogens with one attached hydrogen (secondary N) is 3. The molecule has 2 aromatic heterocycles. The lowest BCUT2D eigenvalue weighted by Gasteiger charge is -2.36. The summed E-state index contributed by atoms with van der Waals surface area (Å²) in [4.78, 5) is 26.9. The van der Waals surface area contributed by atoms with Crippen molar-refractivity contribution in [3.63, 3.8) is 0 Å². The molecule has 0 bridgehead atoms. The third-order valence-electron chi connectivity index (χ3n) is 8.36. The van der Waals surface area contributed by atoms with Crippen LogP contribution >= 0.6 is 0 Å². The topological polar surface area (TPSA) is 95.2 Å². The van der Waals surface area contributed by atoms with E-state index in [1.807, 2.05) is 4.90 Å². The number of piperidine rings is 1. The molecule has 2 atom stereocenters. The first-order valence-electron chi connectivity index (χ1n) is 13.6. The third kappa shape index (κ3) is 5.54. The number of carbonyl (C=O) groups is 1. The van der Waals surface area contributed by atoms with E-state index in [1.165, 1.54) is 6.20 Å². The number of nitrogens with zero attached hydrogens (tertiary/aromatic N) is 3. The summed E-state index contributed by atoms with van der Waals surface area (Å²) in [6.07, 6.45) is 2.44. The minimum absolute atomic E-state index is 0.0118. The summed E-state index contributed by atoms with van der Waals surface area (Å²) >= 11 is 0. The number of ether oxygens (including phenoxy) is 1. The number of anilines is 1. The maximum absolute atomic E-state index is 14.1. The standard InChI is InChI=1S/C27H37F3N6O2/c1-16(17-7-11-38-12-8-17)36-10-4-5-19-20(14-31-23(19)24(36)37)22-21(27(28,29)30)15-32-25(35-22)34-18-6-9-26(2,3)33-13-18/h14-18,31,33H,4-13H2,1-3H3,(H,32,34,35). The number of rotatable bonds is 5. The number of H-pyrrole nitrogens is 1. The van der Waals surface area contributed by atoms with Crippen LogP contribution in [0.5, 0.6) is 0 Å². The lowest BCUT2D eigenvalue weighted by atomic mass is 9.91. The van der Waals surface area contributed by atoms with Gasteiger partial charge in [-0.05, 0) is 70.8 Å². The summed E-state index contributed by atoms with van der Waals surface area (Å²) in [5, 5.41) is 6.66. The number of amides is 1. The van der Waals surface area contributed by atoms with Gasteiger partial charge in [0.1, 0.15) is 11.3 Å². The summed E-state index contributed by atoms with van der Waals surface area (Å²) in [7, 11) is 0. The summed E-state index contributed by atoms with van der Waals surface area (Å²) in [6.45, 7) is 8.92. The molecule has 3 aliphatic heterocycles. The van der Waals surface area contributed by atoms with Gasteiger partial charge in [-0.25, -0.2) is 9.97 Å². The molecule has 3 aliphatic rings. The van der Waals surface area contributed by atoms with Crippen molar-refractivity contribution in [3.05, 3.63) is 29.2 Å². The van der Waals surface area contributed by atoms with E-state index >= 15 is 0 Å². The Morgan fingerprint density at radius 2 is 2.00 bits per heavy atom. The van der Waals surface area contributed by atoms with E-state index in [0.29, 0.717) is 61.9 Å². The van der Waals surface area contributed by atoms with Gasteiger partial charge in [-0.2, -0.15) is 13.2 Å². The van der Waals surface area contributed by atoms with Crippen LogP contribution in [-0.4, -0.2) is 69.7 Å². The van der Waals surface area contributed by atoms with Crippen LogP contribution in [0.15, 0.2) is 12.4 Å². The molecule has 1 amide bonds. The van der Waals surface area contributed by atoms with E-state index in [2.05, 4.69) is 46.4 Å². The number of hydrogen-bond acceptors (Lipinski definition) is 6. The van der Waals surface area contributed by atoms with Crippen molar-refractivity contribution in [2.45, 2.75) is 83.1 Å². The molecule has 38 heavy (non-hydrogen) atoms. The summed E-state index contributed by atoms with van der Waals surface area (Å²) in [5.74, 6) is 0.333. The van der Waals surface area contributed by atoms with Crippen molar-refractivity contribution in [3.8, 4) is 11.3 Å². The minimum atomic E-state index is -4.63. The molecule has 3 N–H and O–H groups in total. The number of fused-ring (bicyclic) bond motifs is 1. The Labute approximate surface area is 221 Å². The van der Waals surface area contributed by atoms with Crippen LogP contribution in [0.1, 0.15) is 74.5 Å². The smallest absolute Gasteiger partial charge is 0.381 e. The molecule has 208 valence electrons. The first-order valence-corrected chi connectivity index (χ1v) is 13.6. The van der Waals surface area contributed by atoms with Gasteiger partial charge in [-0.3, -0.25) is 4.79 Å². The van der Waals surface area contributed by atoms with Crippen LogP contribution in [0.2, 0.25) is 0 Å². The van der Waals surface area contributed by atoms with Gasteiger partial charge in [0.2, 0.25) is 5.95 Å². The molecule has 2 fully saturated rings. The van der Waals surface area contributed by atoms with Crippen LogP contribution in [-0.2, 0) is 17.3 Å². The van der Waals surface area contributed by atoms with Crippen molar-refractivity contribution < 1.29 is 22.7 Å². The predicted molar refractivity (Wildman–Crippen MR) is 138 cm³/mol. The number of aromatic amines is 1. The Morgan fingerprint density at radius 1 is 1.24 bits per heavy atom. The quantitative estimate of drug-likeness (QED) is 0.518. The molecule has 0 aliphatic carbocycles. The second-order valence-corrected chi connectivity index (χ2v) is 11.4. The van der Waals surface area contributed by atoms with Gasteiger partial charge in [-0.1, -0.05) is 0 Å². The molecule has 5 rings (SSSR count). The van der Waals surface area contributed by atoms with Crippen LogP contribution in [0, 0.1) is 5.92 Å². The summed E-state index contributed by atoms with van der Waals surface area (Å²) in [5.41, 5.74) is 0.182. The number of carbonyl (C=O) groups excluding carboxylic acids is 1. The molecule has 2 unspecified atom stereocenters. The lowest BCUT2D eigenvalue weighted by molar-refractivity contribution is -0.137. The average Bonchev–Trinajstić information content (AvgIpc) is 3.23. The number of alkyl halides is 3. The van der Waals surface area contributed by atoms with Crippen molar-refractivity contribution >= 4 is 11.9 Å². The Kier molecular flexibility index (Phi) is 7.43. The van der Waals surface area contributed by atoms with Gasteiger partial charge < -0.3 is 25.3 Å². The Morgan fingerprint density at radius 3 is 2.68 bits per heavy atom. The zero-order valence-corrected chi connectivity index (χ0v) is 22.2. The van der Waals surface area contributed by atoms with Gasteiger partial charge in [-0.15, -0.1) is 0 Å². The molecule has 11 heteroatoms. The molecule has 2 aromatic rings. The van der Waals surface area contributed by atoms with Crippen molar-refractivity contribution in [1.82, 2.24) is 25.2 Å². The third-order valence-corrected chi connectivity index (χ3v) is 8.36. The van der Waals surface area contributed by atoms with Gasteiger partial charge >= 0.3 is 6.18 Å². The molecule has 0 aromatic carbocycles. The van der Waals surface area contributed by atoms with Crippen LogP contribution < -0.4 is 10.6 Å². The number of aromatic nitrogens is 3. The maximum atomic E-state index is 14.1. The molecule has 2 saturated heterocycles. The largest absolute Gasteiger partial charge is 0.419 e. The second kappa shape index (κ2) is 10.5. The fraction of sp³-hybridized carbons (Fsp3) is 0.667. The highest BCUT2D eigenvalue weighted by Gasteiger charge is 2.39. The lowest BCUT2D eigenvalue weighted by Crippen LogP contribution is -2.50. The SMILES string of the molecule is CC(C1CCOCC1)N1CCCc2c(-c3nc(NC4CCC(C)(C)NC4)ncc3C(F)(F)F)c[nH]c2C1=O. The highest BCUT2D eigenvalue weighted by atomic mass is 19.4. The number of halogens is 3. The fourth-order valence-electron chi connectivity index (χ4n) is 5.92. The molecule has 0 saturated carbocycles. The predicted octanol–water partition coefficient (Wildman–Crippen LogP) is 4.64. The van der Waals surface area contributed by atoms with E-state index in [1.54, 1.807) is 0 Å². The summed E-state index contributed by atoms with van der Waals surface area (Å²) in [6, 6.07) is 0.0385. The van der Waals surface area contributed by atoms with E-state index in [-0.39, 0.29) is 35.2 Å². The average molecular weight is 535 g/mol. The molecule has 5 heterocycles. The van der Waals surface area contributed by atoms with Crippen LogP contribution in [0.25, 0.3) is 11.3 Å². The van der Waals surface area contributed by atoms with Crippen molar-refractivity contribution in [2.24, 2.45) is 5.92 Å². The molecular weight excluding hydrogens is 497 g/mol. The van der Waals surface area contributed by atoms with E-state index < -0.39 is 11.7 Å². The van der Waals surface area contributed by atoms with E-state index in [9.17, 15) is 18.0 Å². The maximum Gasteiger partial charge on any atom is 0.419 e. The normalized spacial score (nSPS) is 23.6. The molecule has 8 nitrogen and oxygen atoms in total. The van der Waals surface area contributed by atoms with Gasteiger partial charge in [0.15, 0.2) is 0 Å². The zero-order valence-electron chi connectivity index (χ0n) is 22.2. The first-order chi connectivity index (χ1) is 18.0. The zero-order chi connectivity index (χ0) is 27.1. The highest BCUT2D eigenvalue weighted by molar-refractivity contribution is 5.97. The molecule has 0 spiro atoms. The van der Waals surface area contributed by atoms with Crippen LogP contribution in [0.4, 0.5) is 19.1 Å². The molecular formula is C27H37F3N6O2. The Hall–Kier alpha value is -2.66. The Bertz CT molecular complexity index is 1150. The van der Waals surface area contributed by atoms with Crippen molar-refractivity contribution in [1.29, 1.82) is 0 Å². The fourth-order valence-corrected chi connectivity index (χ4v) is 5.92. The summed E-state index contributed by atoms with van der Waals surface area (Å²) < 4.78 is 47.7. The van der Waals surface area contributed by atoms with Gasteiger partial charge in [0.25, 0.3) is 5.91 Å². The van der Waals surface area contributed by atoms with Crippen LogP contribution in [0.3, 0.4) is 0 Å².